The normalized spacial score (nSPS) is 24.4. The first-order chi connectivity index (χ1) is 7.47. The number of nitrogens with one attached hydrogen (secondary N) is 1. The lowest BCUT2D eigenvalue weighted by Crippen LogP contribution is -2.38. The van der Waals surface area contributed by atoms with Gasteiger partial charge in [-0.15, -0.1) is 0 Å². The van der Waals surface area contributed by atoms with Crippen LogP contribution in [0, 0.1) is 5.92 Å². The minimum atomic E-state index is 0.271. The molecule has 0 aliphatic carbocycles. The molecule has 0 radical (unpaired) electrons. The molecule has 2 heteroatoms. The van der Waals surface area contributed by atoms with Crippen LogP contribution in [0.25, 0.3) is 0 Å². The van der Waals surface area contributed by atoms with Crippen molar-refractivity contribution in [3.63, 3.8) is 0 Å². The van der Waals surface area contributed by atoms with Crippen molar-refractivity contribution < 1.29 is 0 Å². The van der Waals surface area contributed by atoms with E-state index in [1.165, 1.54) is 45.3 Å². The van der Waals surface area contributed by atoms with Crippen LogP contribution in [-0.2, 0) is 0 Å². The Kier molecular flexibility index (Phi) is 5.77. The van der Waals surface area contributed by atoms with Gasteiger partial charge in [0.1, 0.15) is 0 Å². The lowest BCUT2D eigenvalue weighted by atomic mass is 10.0. The van der Waals surface area contributed by atoms with Gasteiger partial charge in [-0.3, -0.25) is 0 Å². The Bertz CT molecular complexity index is 184. The molecule has 1 heterocycles. The molecule has 2 nitrogen and oxygen atoms in total. The molecule has 1 saturated heterocycles. The second-order valence-electron chi connectivity index (χ2n) is 6.41. The summed E-state index contributed by atoms with van der Waals surface area (Å²) in [6.45, 7) is 14.2. The van der Waals surface area contributed by atoms with Gasteiger partial charge in [0.25, 0.3) is 0 Å². The minimum absolute atomic E-state index is 0.271. The lowest BCUT2D eigenvalue weighted by Gasteiger charge is -2.23. The number of nitrogens with zero attached hydrogens (tertiary/aromatic N) is 1. The van der Waals surface area contributed by atoms with E-state index in [9.17, 15) is 0 Å². The van der Waals surface area contributed by atoms with Gasteiger partial charge in [0.2, 0.25) is 0 Å². The predicted molar refractivity (Wildman–Crippen MR) is 71.8 cm³/mol. The van der Waals surface area contributed by atoms with Crippen LogP contribution < -0.4 is 5.32 Å². The summed E-state index contributed by atoms with van der Waals surface area (Å²) in [6, 6.07) is 0. The van der Waals surface area contributed by atoms with Gasteiger partial charge in [-0.25, -0.2) is 0 Å². The van der Waals surface area contributed by atoms with Crippen molar-refractivity contribution in [3.8, 4) is 0 Å². The maximum Gasteiger partial charge on any atom is 0.00965 e. The number of rotatable bonds is 4. The molecule has 1 aliphatic heterocycles. The van der Waals surface area contributed by atoms with Gasteiger partial charge in [-0.05, 0) is 78.6 Å². The van der Waals surface area contributed by atoms with E-state index in [1.54, 1.807) is 0 Å². The van der Waals surface area contributed by atoms with Gasteiger partial charge in [0.05, 0.1) is 0 Å². The Morgan fingerprint density at radius 1 is 1.19 bits per heavy atom. The van der Waals surface area contributed by atoms with E-state index in [0.717, 1.165) is 12.5 Å². The third-order valence-electron chi connectivity index (χ3n) is 3.42. The van der Waals surface area contributed by atoms with Crippen molar-refractivity contribution in [2.45, 2.75) is 58.9 Å². The van der Waals surface area contributed by atoms with Crippen LogP contribution in [0.3, 0.4) is 0 Å². The van der Waals surface area contributed by atoms with Crippen molar-refractivity contribution in [2.75, 3.05) is 26.2 Å². The van der Waals surface area contributed by atoms with E-state index in [4.69, 9.17) is 0 Å². The quantitative estimate of drug-likeness (QED) is 0.742. The highest BCUT2D eigenvalue weighted by Crippen LogP contribution is 2.16. The smallest absolute Gasteiger partial charge is 0.00965 e. The van der Waals surface area contributed by atoms with Gasteiger partial charge >= 0.3 is 0 Å². The molecule has 0 aromatic carbocycles. The van der Waals surface area contributed by atoms with Crippen molar-refractivity contribution in [1.29, 1.82) is 0 Å². The maximum atomic E-state index is 3.56. The molecule has 0 saturated carbocycles. The van der Waals surface area contributed by atoms with E-state index >= 15 is 0 Å². The molecule has 0 spiro atoms. The molecule has 0 aromatic heterocycles. The van der Waals surface area contributed by atoms with E-state index in [0.29, 0.717) is 0 Å². The molecule has 0 aromatic rings. The molecule has 1 rings (SSSR count). The fourth-order valence-corrected chi connectivity index (χ4v) is 2.31. The van der Waals surface area contributed by atoms with Crippen molar-refractivity contribution >= 4 is 0 Å². The number of hydrogen-bond acceptors (Lipinski definition) is 2. The summed E-state index contributed by atoms with van der Waals surface area (Å²) in [5.41, 5.74) is 0.271. The average molecular weight is 226 g/mol. The number of hydrogen-bond donors (Lipinski definition) is 1. The highest BCUT2D eigenvalue weighted by Gasteiger charge is 2.13. The van der Waals surface area contributed by atoms with Gasteiger partial charge in [0, 0.05) is 5.54 Å². The van der Waals surface area contributed by atoms with E-state index in [1.807, 2.05) is 0 Å². The molecule has 96 valence electrons. The summed E-state index contributed by atoms with van der Waals surface area (Å²) in [7, 11) is 0. The van der Waals surface area contributed by atoms with Crippen molar-refractivity contribution in [3.05, 3.63) is 0 Å². The maximum absolute atomic E-state index is 3.56. The van der Waals surface area contributed by atoms with Gasteiger partial charge in [-0.2, -0.15) is 0 Å². The highest BCUT2D eigenvalue weighted by molar-refractivity contribution is 4.71. The second kappa shape index (κ2) is 6.61. The molecule has 1 fully saturated rings. The fraction of sp³-hybridized carbons (Fsp3) is 1.00. The molecular formula is C14H30N2. The summed E-state index contributed by atoms with van der Waals surface area (Å²) in [4.78, 5) is 2.65. The first-order valence-electron chi connectivity index (χ1n) is 6.95. The Hall–Kier alpha value is -0.0800. The Balaban J connectivity index is 2.08. The van der Waals surface area contributed by atoms with E-state index in [-0.39, 0.29) is 5.54 Å². The summed E-state index contributed by atoms with van der Waals surface area (Å²) >= 11 is 0. The van der Waals surface area contributed by atoms with Gasteiger partial charge in [0.15, 0.2) is 0 Å². The first kappa shape index (κ1) is 14.0. The Labute approximate surface area is 102 Å². The van der Waals surface area contributed by atoms with Crippen LogP contribution in [0.1, 0.15) is 53.4 Å². The van der Waals surface area contributed by atoms with E-state index < -0.39 is 0 Å². The van der Waals surface area contributed by atoms with Gasteiger partial charge in [-0.1, -0.05) is 6.92 Å². The third-order valence-corrected chi connectivity index (χ3v) is 3.42. The SMILES string of the molecule is CC1CCCN(CCCNC(C)(C)C)CC1. The second-order valence-corrected chi connectivity index (χ2v) is 6.41. The molecule has 1 atom stereocenters. The summed E-state index contributed by atoms with van der Waals surface area (Å²) in [5, 5.41) is 3.56. The third kappa shape index (κ3) is 6.49. The van der Waals surface area contributed by atoms with Crippen LogP contribution in [0.15, 0.2) is 0 Å². The molecule has 1 unspecified atom stereocenters. The zero-order valence-electron chi connectivity index (χ0n) is 11.7. The summed E-state index contributed by atoms with van der Waals surface area (Å²) in [6.07, 6.45) is 5.50. The van der Waals surface area contributed by atoms with Crippen LogP contribution in [0.2, 0.25) is 0 Å². The first-order valence-corrected chi connectivity index (χ1v) is 6.95. The lowest BCUT2D eigenvalue weighted by molar-refractivity contribution is 0.272. The topological polar surface area (TPSA) is 15.3 Å². The predicted octanol–water partition coefficient (Wildman–Crippen LogP) is 2.89. The Morgan fingerprint density at radius 2 is 1.94 bits per heavy atom. The van der Waals surface area contributed by atoms with Crippen LogP contribution >= 0.6 is 0 Å². The number of likely N-dealkylation sites (tertiary alicyclic amines) is 1. The van der Waals surface area contributed by atoms with Crippen molar-refractivity contribution in [2.24, 2.45) is 5.92 Å². The molecule has 1 aliphatic rings. The van der Waals surface area contributed by atoms with Crippen LogP contribution in [-0.4, -0.2) is 36.6 Å². The van der Waals surface area contributed by atoms with E-state index in [2.05, 4.69) is 37.9 Å². The minimum Gasteiger partial charge on any atom is -0.312 e. The van der Waals surface area contributed by atoms with Crippen LogP contribution in [0.4, 0.5) is 0 Å². The average Bonchev–Trinajstić information content (AvgIpc) is 2.37. The van der Waals surface area contributed by atoms with Crippen LogP contribution in [0.5, 0.6) is 0 Å². The molecule has 0 bridgehead atoms. The van der Waals surface area contributed by atoms with Crippen molar-refractivity contribution in [1.82, 2.24) is 10.2 Å². The summed E-state index contributed by atoms with van der Waals surface area (Å²) < 4.78 is 0. The zero-order chi connectivity index (χ0) is 12.0. The standard InChI is InChI=1S/C14H30N2/c1-13-7-5-10-16(12-8-13)11-6-9-15-14(2,3)4/h13,15H,5-12H2,1-4H3. The summed E-state index contributed by atoms with van der Waals surface area (Å²) in [5.74, 6) is 0.942. The van der Waals surface area contributed by atoms with Gasteiger partial charge < -0.3 is 10.2 Å². The largest absolute Gasteiger partial charge is 0.312 e. The zero-order valence-corrected chi connectivity index (χ0v) is 11.7. The highest BCUT2D eigenvalue weighted by atomic mass is 15.1. The molecule has 16 heavy (non-hydrogen) atoms. The molecular weight excluding hydrogens is 196 g/mol. The monoisotopic (exact) mass is 226 g/mol. The fourth-order valence-electron chi connectivity index (χ4n) is 2.31. The Morgan fingerprint density at radius 3 is 2.62 bits per heavy atom. The molecule has 0 amide bonds. The molecule has 1 N–H and O–H groups in total.